The Kier molecular flexibility index (Phi) is 2.98. The lowest BCUT2D eigenvalue weighted by Gasteiger charge is -2.40. The molecule has 0 radical (unpaired) electrons. The molecule has 2 aliphatic rings. The van der Waals surface area contributed by atoms with E-state index in [-0.39, 0.29) is 6.04 Å². The fourth-order valence-corrected chi connectivity index (χ4v) is 2.68. The first-order valence-corrected chi connectivity index (χ1v) is 5.23. The van der Waals surface area contributed by atoms with Crippen molar-refractivity contribution in [2.75, 3.05) is 6.54 Å². The number of carbonyl (C=O) groups is 1. The molecule has 5 nitrogen and oxygen atoms in total. The topological polar surface area (TPSA) is 72.8 Å². The zero-order valence-corrected chi connectivity index (χ0v) is 8.51. The number of hydrogen-bond donors (Lipinski definition) is 3. The highest BCUT2D eigenvalue weighted by molar-refractivity contribution is 5.67. The first kappa shape index (κ1) is 11.5. The van der Waals surface area contributed by atoms with Crippen molar-refractivity contribution in [2.24, 2.45) is 0 Å². The zero-order valence-electron chi connectivity index (χ0n) is 8.51. The Morgan fingerprint density at radius 2 is 2.12 bits per heavy atom. The van der Waals surface area contributed by atoms with Crippen molar-refractivity contribution in [1.82, 2.24) is 10.2 Å². The average molecular weight is 236 g/mol. The summed E-state index contributed by atoms with van der Waals surface area (Å²) in [4.78, 5) is 12.2. The highest BCUT2D eigenvalue weighted by Gasteiger charge is 2.48. The lowest BCUT2D eigenvalue weighted by atomic mass is 10.00. The molecule has 0 aromatic rings. The van der Waals surface area contributed by atoms with E-state index in [4.69, 9.17) is 5.11 Å². The van der Waals surface area contributed by atoms with Gasteiger partial charge in [-0.2, -0.15) is 0 Å². The summed E-state index contributed by atoms with van der Waals surface area (Å²) in [6, 6.07) is -1.56. The van der Waals surface area contributed by atoms with Crippen LogP contribution in [-0.2, 0) is 0 Å². The molecule has 0 unspecified atom stereocenters. The predicted molar refractivity (Wildman–Crippen MR) is 50.5 cm³/mol. The Bertz CT molecular complexity index is 290. The van der Waals surface area contributed by atoms with Gasteiger partial charge in [0.25, 0.3) is 6.43 Å². The lowest BCUT2D eigenvalue weighted by Crippen LogP contribution is -2.64. The number of amides is 1. The van der Waals surface area contributed by atoms with Gasteiger partial charge < -0.3 is 15.5 Å². The minimum absolute atomic E-state index is 0.149. The second kappa shape index (κ2) is 4.14. The number of piperazine rings is 1. The number of nitrogens with zero attached hydrogens (tertiary/aromatic N) is 1. The van der Waals surface area contributed by atoms with Crippen LogP contribution < -0.4 is 5.32 Å². The van der Waals surface area contributed by atoms with E-state index >= 15 is 0 Å². The molecule has 3 N–H and O–H groups in total. The van der Waals surface area contributed by atoms with Crippen LogP contribution in [0.4, 0.5) is 13.6 Å². The maximum absolute atomic E-state index is 12.4. The molecule has 92 valence electrons. The number of fused-ring (bicyclic) bond motifs is 2. The summed E-state index contributed by atoms with van der Waals surface area (Å²) >= 11 is 0. The number of nitrogens with one attached hydrogen (secondary N) is 1. The van der Waals surface area contributed by atoms with Gasteiger partial charge in [0, 0.05) is 12.6 Å². The van der Waals surface area contributed by atoms with Crippen molar-refractivity contribution < 1.29 is 23.8 Å². The van der Waals surface area contributed by atoms with Crippen LogP contribution in [0.3, 0.4) is 0 Å². The molecule has 0 aromatic carbocycles. The molecule has 16 heavy (non-hydrogen) atoms. The van der Waals surface area contributed by atoms with Crippen molar-refractivity contribution in [3.05, 3.63) is 0 Å². The second-order valence-electron chi connectivity index (χ2n) is 4.25. The molecule has 2 fully saturated rings. The number of halogens is 2. The van der Waals surface area contributed by atoms with E-state index < -0.39 is 30.7 Å². The van der Waals surface area contributed by atoms with Gasteiger partial charge in [0.05, 0.1) is 12.1 Å². The smallest absolute Gasteiger partial charge is 0.407 e. The summed E-state index contributed by atoms with van der Waals surface area (Å²) < 4.78 is 24.8. The van der Waals surface area contributed by atoms with Crippen LogP contribution >= 0.6 is 0 Å². The van der Waals surface area contributed by atoms with Crippen LogP contribution in [0.15, 0.2) is 0 Å². The normalized spacial score (nSPS) is 35.5. The zero-order chi connectivity index (χ0) is 11.9. The van der Waals surface area contributed by atoms with Gasteiger partial charge in [0.15, 0.2) is 0 Å². The monoisotopic (exact) mass is 236 g/mol. The van der Waals surface area contributed by atoms with Crippen molar-refractivity contribution in [3.8, 4) is 0 Å². The summed E-state index contributed by atoms with van der Waals surface area (Å²) in [5.74, 6) is 0. The van der Waals surface area contributed by atoms with E-state index in [1.165, 1.54) is 4.90 Å². The van der Waals surface area contributed by atoms with E-state index in [0.29, 0.717) is 19.4 Å². The Balaban J connectivity index is 2.15. The summed E-state index contributed by atoms with van der Waals surface area (Å²) in [6.07, 6.45) is -4.58. The third-order valence-electron chi connectivity index (χ3n) is 3.40. The van der Waals surface area contributed by atoms with Gasteiger partial charge in [0.2, 0.25) is 0 Å². The van der Waals surface area contributed by atoms with Crippen LogP contribution in [-0.4, -0.2) is 58.4 Å². The van der Waals surface area contributed by atoms with Crippen molar-refractivity contribution >= 4 is 6.09 Å². The van der Waals surface area contributed by atoms with E-state index in [1.54, 1.807) is 0 Å². The quantitative estimate of drug-likeness (QED) is 0.635. The van der Waals surface area contributed by atoms with Crippen molar-refractivity contribution in [1.29, 1.82) is 0 Å². The summed E-state index contributed by atoms with van der Waals surface area (Å²) in [7, 11) is 0. The highest BCUT2D eigenvalue weighted by Crippen LogP contribution is 2.31. The van der Waals surface area contributed by atoms with Gasteiger partial charge >= 0.3 is 6.09 Å². The minimum atomic E-state index is -2.86. The molecular weight excluding hydrogens is 222 g/mol. The molecule has 7 heteroatoms. The summed E-state index contributed by atoms with van der Waals surface area (Å²) in [5, 5.41) is 21.1. The molecule has 0 aromatic heterocycles. The standard InChI is InChI=1S/C9H14F2N2O3/c10-8(11)7(14)6-5-2-1-4(3-12-6)13(5)9(15)16/h4-8,12,14H,1-3H2,(H,15,16)/t4-,5+,6+,7+/m1/s1. The van der Waals surface area contributed by atoms with Crippen molar-refractivity contribution in [2.45, 2.75) is 43.5 Å². The van der Waals surface area contributed by atoms with Crippen LogP contribution in [0, 0.1) is 0 Å². The number of rotatable bonds is 2. The Morgan fingerprint density at radius 1 is 1.44 bits per heavy atom. The Hall–Kier alpha value is -0.950. The molecule has 2 rings (SSSR count). The number of hydrogen-bond acceptors (Lipinski definition) is 3. The number of aliphatic hydroxyl groups is 1. The van der Waals surface area contributed by atoms with Crippen LogP contribution in [0.1, 0.15) is 12.8 Å². The molecular formula is C9H14F2N2O3. The third kappa shape index (κ3) is 1.73. The molecule has 4 atom stereocenters. The fourth-order valence-electron chi connectivity index (χ4n) is 2.68. The van der Waals surface area contributed by atoms with E-state index in [1.807, 2.05) is 0 Å². The van der Waals surface area contributed by atoms with E-state index in [0.717, 1.165) is 0 Å². The first-order chi connectivity index (χ1) is 7.52. The van der Waals surface area contributed by atoms with Gasteiger partial charge in [-0.1, -0.05) is 0 Å². The van der Waals surface area contributed by atoms with Crippen LogP contribution in [0.2, 0.25) is 0 Å². The number of carboxylic acid groups (broad SMARTS) is 1. The molecule has 2 bridgehead atoms. The van der Waals surface area contributed by atoms with Gasteiger partial charge in [-0.3, -0.25) is 4.90 Å². The molecule has 0 saturated carbocycles. The molecule has 2 heterocycles. The van der Waals surface area contributed by atoms with E-state index in [2.05, 4.69) is 5.32 Å². The maximum atomic E-state index is 12.4. The minimum Gasteiger partial charge on any atom is -0.465 e. The molecule has 1 amide bonds. The Morgan fingerprint density at radius 3 is 2.69 bits per heavy atom. The van der Waals surface area contributed by atoms with Crippen LogP contribution in [0.25, 0.3) is 0 Å². The van der Waals surface area contributed by atoms with Crippen LogP contribution in [0.5, 0.6) is 0 Å². The van der Waals surface area contributed by atoms with Gasteiger partial charge in [-0.15, -0.1) is 0 Å². The predicted octanol–water partition coefficient (Wildman–Crippen LogP) is 0.0952. The fraction of sp³-hybridized carbons (Fsp3) is 0.889. The van der Waals surface area contributed by atoms with Gasteiger partial charge in [-0.25, -0.2) is 13.6 Å². The number of alkyl halides is 2. The van der Waals surface area contributed by atoms with E-state index in [9.17, 15) is 18.7 Å². The largest absolute Gasteiger partial charge is 0.465 e. The van der Waals surface area contributed by atoms with Gasteiger partial charge in [0.1, 0.15) is 6.10 Å². The molecule has 2 saturated heterocycles. The summed E-state index contributed by atoms with van der Waals surface area (Å²) in [6.45, 7) is 0.331. The molecule has 0 aliphatic carbocycles. The number of aliphatic hydroxyl groups excluding tert-OH is 1. The molecule has 2 aliphatic heterocycles. The maximum Gasteiger partial charge on any atom is 0.407 e. The average Bonchev–Trinajstić information content (AvgIpc) is 2.53. The SMILES string of the molecule is O=C(O)N1[C@@H]2CC[C@H]1[C@@H]([C@H](O)C(F)F)NC2. The summed E-state index contributed by atoms with van der Waals surface area (Å²) in [5.41, 5.74) is 0. The molecule has 0 spiro atoms. The van der Waals surface area contributed by atoms with Gasteiger partial charge in [-0.05, 0) is 12.8 Å². The highest BCUT2D eigenvalue weighted by atomic mass is 19.3. The Labute approximate surface area is 91.0 Å². The lowest BCUT2D eigenvalue weighted by molar-refractivity contribution is -0.0502. The van der Waals surface area contributed by atoms with Crippen molar-refractivity contribution in [3.63, 3.8) is 0 Å². The second-order valence-corrected chi connectivity index (χ2v) is 4.25. The first-order valence-electron chi connectivity index (χ1n) is 5.23. The third-order valence-corrected chi connectivity index (χ3v) is 3.40.